The molecular weight excluding hydrogens is 390 g/mol. The molecule has 1 aromatic heterocycles. The van der Waals surface area contributed by atoms with Crippen molar-refractivity contribution in [2.75, 3.05) is 20.8 Å². The Morgan fingerprint density at radius 3 is 2.59 bits per heavy atom. The molecule has 0 spiro atoms. The number of rotatable bonds is 8. The molecule has 3 aromatic rings. The number of esters is 1. The molecule has 152 valence electrons. The summed E-state index contributed by atoms with van der Waals surface area (Å²) in [6.45, 7) is 3.91. The highest BCUT2D eigenvalue weighted by Crippen LogP contribution is 2.33. The van der Waals surface area contributed by atoms with E-state index in [0.717, 1.165) is 21.7 Å². The highest BCUT2D eigenvalue weighted by Gasteiger charge is 2.12. The molecule has 7 heteroatoms. The van der Waals surface area contributed by atoms with Crippen LogP contribution >= 0.6 is 11.3 Å². The van der Waals surface area contributed by atoms with Crippen molar-refractivity contribution in [2.24, 2.45) is 0 Å². The zero-order chi connectivity index (χ0) is 20.8. The summed E-state index contributed by atoms with van der Waals surface area (Å²) in [7, 11) is 3.19. The van der Waals surface area contributed by atoms with Crippen molar-refractivity contribution in [3.05, 3.63) is 58.6 Å². The van der Waals surface area contributed by atoms with E-state index in [4.69, 9.17) is 18.9 Å². The van der Waals surface area contributed by atoms with E-state index in [1.54, 1.807) is 14.2 Å². The zero-order valence-electron chi connectivity index (χ0n) is 16.9. The number of carbonyl (C=O) groups excluding carboxylic acids is 1. The second-order valence-electron chi connectivity index (χ2n) is 6.36. The maximum atomic E-state index is 12.0. The number of benzene rings is 2. The Hall–Kier alpha value is -3.06. The lowest BCUT2D eigenvalue weighted by Crippen LogP contribution is -2.15. The molecule has 0 radical (unpaired) electrons. The van der Waals surface area contributed by atoms with Crippen molar-refractivity contribution in [1.82, 2.24) is 4.98 Å². The molecule has 0 atom stereocenters. The Bertz CT molecular complexity index is 999. The first-order chi connectivity index (χ1) is 14.0. The van der Waals surface area contributed by atoms with Gasteiger partial charge in [0.1, 0.15) is 17.4 Å². The van der Waals surface area contributed by atoms with Gasteiger partial charge in [-0.1, -0.05) is 12.1 Å². The van der Waals surface area contributed by atoms with Crippen molar-refractivity contribution in [3.63, 3.8) is 0 Å². The third-order valence-electron chi connectivity index (χ3n) is 4.46. The number of aromatic nitrogens is 1. The second-order valence-corrected chi connectivity index (χ2v) is 7.22. The lowest BCUT2D eigenvalue weighted by Gasteiger charge is -2.10. The van der Waals surface area contributed by atoms with Crippen LogP contribution in [0.15, 0.2) is 41.8 Å². The van der Waals surface area contributed by atoms with Crippen molar-refractivity contribution in [2.45, 2.75) is 20.5 Å². The van der Waals surface area contributed by atoms with Gasteiger partial charge in [-0.2, -0.15) is 0 Å². The van der Waals surface area contributed by atoms with Crippen LogP contribution in [0, 0.1) is 13.8 Å². The van der Waals surface area contributed by atoms with Gasteiger partial charge >= 0.3 is 5.97 Å². The SMILES string of the molecule is COc1ccc(-c2nc(COC(=O)COc3cccc(C)c3C)cs2)cc1OC. The van der Waals surface area contributed by atoms with E-state index >= 15 is 0 Å². The van der Waals surface area contributed by atoms with Crippen LogP contribution in [-0.2, 0) is 16.1 Å². The van der Waals surface area contributed by atoms with Gasteiger partial charge in [0.05, 0.1) is 19.9 Å². The van der Waals surface area contributed by atoms with Gasteiger partial charge in [-0.05, 0) is 49.2 Å². The van der Waals surface area contributed by atoms with E-state index < -0.39 is 5.97 Å². The molecule has 0 aliphatic heterocycles. The standard InChI is InChI=1S/C22H23NO5S/c1-14-6-5-7-18(15(14)2)27-12-21(24)28-11-17-13-29-22(23-17)16-8-9-19(25-3)20(10-16)26-4/h5-10,13H,11-12H2,1-4H3. The van der Waals surface area contributed by atoms with Crippen LogP contribution < -0.4 is 14.2 Å². The highest BCUT2D eigenvalue weighted by atomic mass is 32.1. The minimum absolute atomic E-state index is 0.0960. The first kappa shape index (κ1) is 20.7. The first-order valence-electron chi connectivity index (χ1n) is 9.03. The largest absolute Gasteiger partial charge is 0.493 e. The van der Waals surface area contributed by atoms with E-state index in [0.29, 0.717) is 22.9 Å². The quantitative estimate of drug-likeness (QED) is 0.504. The number of methoxy groups -OCH3 is 2. The van der Waals surface area contributed by atoms with Crippen LogP contribution in [0.25, 0.3) is 10.6 Å². The second kappa shape index (κ2) is 9.43. The van der Waals surface area contributed by atoms with Gasteiger partial charge in [0.25, 0.3) is 0 Å². The average molecular weight is 413 g/mol. The molecule has 0 unspecified atom stereocenters. The van der Waals surface area contributed by atoms with Gasteiger partial charge < -0.3 is 18.9 Å². The Kier molecular flexibility index (Phi) is 6.72. The minimum atomic E-state index is -0.438. The smallest absolute Gasteiger partial charge is 0.344 e. The molecule has 1 heterocycles. The molecule has 29 heavy (non-hydrogen) atoms. The van der Waals surface area contributed by atoms with Gasteiger partial charge in [0.15, 0.2) is 18.1 Å². The van der Waals surface area contributed by atoms with Crippen LogP contribution in [0.4, 0.5) is 0 Å². The van der Waals surface area contributed by atoms with E-state index in [9.17, 15) is 4.79 Å². The zero-order valence-corrected chi connectivity index (χ0v) is 17.7. The summed E-state index contributed by atoms with van der Waals surface area (Å²) in [5.74, 6) is 1.54. The van der Waals surface area contributed by atoms with E-state index in [1.165, 1.54) is 11.3 Å². The normalized spacial score (nSPS) is 10.5. The Balaban J connectivity index is 1.56. The molecule has 0 aliphatic rings. The fourth-order valence-corrected chi connectivity index (χ4v) is 3.49. The monoisotopic (exact) mass is 413 g/mol. The molecular formula is C22H23NO5S. The van der Waals surface area contributed by atoms with E-state index in [-0.39, 0.29) is 13.2 Å². The van der Waals surface area contributed by atoms with Gasteiger partial charge in [-0.3, -0.25) is 0 Å². The van der Waals surface area contributed by atoms with Crippen LogP contribution in [-0.4, -0.2) is 31.8 Å². The molecule has 3 rings (SSSR count). The maximum Gasteiger partial charge on any atom is 0.344 e. The van der Waals surface area contributed by atoms with Gasteiger partial charge in [0.2, 0.25) is 0 Å². The average Bonchev–Trinajstić information content (AvgIpc) is 3.22. The van der Waals surface area contributed by atoms with Crippen molar-refractivity contribution >= 4 is 17.3 Å². The predicted molar refractivity (Wildman–Crippen MR) is 112 cm³/mol. The molecule has 0 fully saturated rings. The molecule has 0 N–H and O–H groups in total. The third kappa shape index (κ3) is 5.06. The van der Waals surface area contributed by atoms with E-state index in [2.05, 4.69) is 4.98 Å². The van der Waals surface area contributed by atoms with Crippen LogP contribution in [0.3, 0.4) is 0 Å². The Morgan fingerprint density at radius 2 is 1.83 bits per heavy atom. The molecule has 2 aromatic carbocycles. The lowest BCUT2D eigenvalue weighted by molar-refractivity contribution is -0.147. The minimum Gasteiger partial charge on any atom is -0.493 e. The molecule has 0 saturated carbocycles. The number of carbonyl (C=O) groups is 1. The van der Waals surface area contributed by atoms with Gasteiger partial charge in [0, 0.05) is 10.9 Å². The number of thiazole rings is 1. The van der Waals surface area contributed by atoms with E-state index in [1.807, 2.05) is 55.6 Å². The fraction of sp³-hybridized carbons (Fsp3) is 0.273. The molecule has 0 aliphatic carbocycles. The number of aryl methyl sites for hydroxylation is 1. The summed E-state index contributed by atoms with van der Waals surface area (Å²) in [5, 5.41) is 2.67. The Morgan fingerprint density at radius 1 is 1.03 bits per heavy atom. The van der Waals surface area contributed by atoms with Crippen molar-refractivity contribution < 1.29 is 23.7 Å². The van der Waals surface area contributed by atoms with Crippen LogP contribution in [0.5, 0.6) is 17.2 Å². The first-order valence-corrected chi connectivity index (χ1v) is 9.91. The van der Waals surface area contributed by atoms with Crippen molar-refractivity contribution in [3.8, 4) is 27.8 Å². The number of hydrogen-bond acceptors (Lipinski definition) is 7. The molecule has 0 amide bonds. The summed E-state index contributed by atoms with van der Waals surface area (Å²) in [5.41, 5.74) is 3.71. The summed E-state index contributed by atoms with van der Waals surface area (Å²) in [6, 6.07) is 11.3. The highest BCUT2D eigenvalue weighted by molar-refractivity contribution is 7.13. The Labute approximate surface area is 174 Å². The maximum absolute atomic E-state index is 12.0. The molecule has 0 saturated heterocycles. The van der Waals surface area contributed by atoms with Crippen LogP contribution in [0.2, 0.25) is 0 Å². The van der Waals surface area contributed by atoms with Gasteiger partial charge in [-0.15, -0.1) is 11.3 Å². The molecule has 6 nitrogen and oxygen atoms in total. The summed E-state index contributed by atoms with van der Waals surface area (Å²) >= 11 is 1.47. The molecule has 0 bridgehead atoms. The van der Waals surface area contributed by atoms with Crippen molar-refractivity contribution in [1.29, 1.82) is 0 Å². The third-order valence-corrected chi connectivity index (χ3v) is 5.40. The lowest BCUT2D eigenvalue weighted by atomic mass is 10.1. The predicted octanol–water partition coefficient (Wildman–Crippen LogP) is 4.57. The van der Waals surface area contributed by atoms with Crippen LogP contribution in [0.1, 0.15) is 16.8 Å². The summed E-state index contributed by atoms with van der Waals surface area (Å²) < 4.78 is 21.4. The summed E-state index contributed by atoms with van der Waals surface area (Å²) in [6.07, 6.45) is 0. The van der Waals surface area contributed by atoms with Gasteiger partial charge in [-0.25, -0.2) is 9.78 Å². The number of nitrogens with zero attached hydrogens (tertiary/aromatic N) is 1. The summed E-state index contributed by atoms with van der Waals surface area (Å²) in [4.78, 5) is 16.5. The number of ether oxygens (including phenoxy) is 4. The topological polar surface area (TPSA) is 66.9 Å². The number of hydrogen-bond donors (Lipinski definition) is 0. The fourth-order valence-electron chi connectivity index (χ4n) is 2.69.